The van der Waals surface area contributed by atoms with E-state index in [1.807, 2.05) is 6.07 Å². The molecule has 0 spiro atoms. The smallest absolute Gasteiger partial charge is 0.407 e. The molecule has 0 radical (unpaired) electrons. The summed E-state index contributed by atoms with van der Waals surface area (Å²) < 4.78 is 10.4. The van der Waals surface area contributed by atoms with Crippen molar-refractivity contribution in [3.63, 3.8) is 0 Å². The summed E-state index contributed by atoms with van der Waals surface area (Å²) in [5.74, 6) is 0.811. The molecule has 0 saturated carbocycles. The van der Waals surface area contributed by atoms with Gasteiger partial charge >= 0.3 is 6.09 Å². The Labute approximate surface area is 173 Å². The highest BCUT2D eigenvalue weighted by Crippen LogP contribution is 2.33. The molecule has 0 aromatic heterocycles. The summed E-state index contributed by atoms with van der Waals surface area (Å²) in [4.78, 5) is 35.5. The molecule has 1 aromatic rings. The number of carbonyl (C=O) groups is 3. The summed E-state index contributed by atoms with van der Waals surface area (Å²) in [6.07, 6.45) is 5.81. The Morgan fingerprint density at radius 2 is 1.79 bits per heavy atom. The molecule has 8 nitrogen and oxygen atoms in total. The maximum Gasteiger partial charge on any atom is 0.407 e. The molecular weight excluding hydrogens is 396 g/mol. The van der Waals surface area contributed by atoms with Crippen LogP contribution in [0.4, 0.5) is 4.79 Å². The number of para-hydroxylation sites is 1. The first-order chi connectivity index (χ1) is 13.7. The minimum Gasteiger partial charge on any atom is -0.486 e. The highest BCUT2D eigenvalue weighted by atomic mass is 32.3. The van der Waals surface area contributed by atoms with E-state index in [0.717, 1.165) is 5.75 Å². The van der Waals surface area contributed by atoms with Crippen molar-refractivity contribution >= 4 is 27.8 Å². The first-order valence-electron chi connectivity index (χ1n) is 9.36. The molecular formula is C20H32N2O6S. The van der Waals surface area contributed by atoms with Crippen molar-refractivity contribution in [2.75, 3.05) is 50.9 Å². The lowest BCUT2D eigenvalue weighted by atomic mass is 10.2. The Morgan fingerprint density at radius 3 is 2.41 bits per heavy atom. The van der Waals surface area contributed by atoms with Crippen LogP contribution in [0.25, 0.3) is 0 Å². The van der Waals surface area contributed by atoms with Gasteiger partial charge in [0.25, 0.3) is 0 Å². The third-order valence-electron chi connectivity index (χ3n) is 3.78. The molecule has 0 fully saturated rings. The summed E-state index contributed by atoms with van der Waals surface area (Å²) in [5, 5.41) is 14.5. The number of aliphatic hydroxyl groups is 1. The fourth-order valence-electron chi connectivity index (χ4n) is 2.11. The van der Waals surface area contributed by atoms with Gasteiger partial charge in [0.05, 0.1) is 12.6 Å². The van der Waals surface area contributed by atoms with Crippen molar-refractivity contribution in [3.8, 4) is 5.75 Å². The van der Waals surface area contributed by atoms with Crippen LogP contribution < -0.4 is 15.4 Å². The van der Waals surface area contributed by atoms with Gasteiger partial charge in [-0.2, -0.15) is 0 Å². The molecule has 0 aliphatic rings. The minimum absolute atomic E-state index is 0.0215. The average molecular weight is 429 g/mol. The molecule has 0 aliphatic carbocycles. The van der Waals surface area contributed by atoms with Gasteiger partial charge in [0, 0.05) is 25.1 Å². The van der Waals surface area contributed by atoms with Crippen LogP contribution in [0.2, 0.25) is 0 Å². The van der Waals surface area contributed by atoms with E-state index in [2.05, 4.69) is 29.4 Å². The predicted octanol–water partition coefficient (Wildman–Crippen LogP) is 1.31. The van der Waals surface area contributed by atoms with Crippen molar-refractivity contribution in [1.29, 1.82) is 0 Å². The van der Waals surface area contributed by atoms with Crippen molar-refractivity contribution in [2.45, 2.75) is 18.9 Å². The number of amides is 2. The van der Waals surface area contributed by atoms with Crippen LogP contribution in [0, 0.1) is 0 Å². The minimum atomic E-state index is -0.744. The van der Waals surface area contributed by atoms with E-state index in [4.69, 9.17) is 9.47 Å². The van der Waals surface area contributed by atoms with Crippen LogP contribution in [-0.4, -0.2) is 79.8 Å². The Morgan fingerprint density at radius 1 is 1.10 bits per heavy atom. The number of ether oxygens (including phenoxy) is 2. The summed E-state index contributed by atoms with van der Waals surface area (Å²) in [6, 6.07) is 8.29. The van der Waals surface area contributed by atoms with E-state index in [1.54, 1.807) is 24.3 Å². The van der Waals surface area contributed by atoms with E-state index in [0.29, 0.717) is 12.4 Å². The zero-order valence-corrected chi connectivity index (χ0v) is 18.1. The molecule has 164 valence electrons. The highest BCUT2D eigenvalue weighted by Gasteiger charge is 2.15. The van der Waals surface area contributed by atoms with Gasteiger partial charge in [0.1, 0.15) is 19.0 Å². The highest BCUT2D eigenvalue weighted by molar-refractivity contribution is 8.32. The lowest BCUT2D eigenvalue weighted by Gasteiger charge is -2.24. The second-order valence-corrected chi connectivity index (χ2v) is 12.0. The van der Waals surface area contributed by atoms with Gasteiger partial charge < -0.3 is 25.2 Å². The van der Waals surface area contributed by atoms with Crippen LogP contribution in [-0.2, 0) is 14.3 Å². The SMILES string of the molecule is CS(C)(C)CCOC(=O)NC[C@@H](CO)NC(=O)CCC(=O)COc1ccccc1. The van der Waals surface area contributed by atoms with Gasteiger partial charge in [-0.25, -0.2) is 14.8 Å². The number of alkyl carbamates (subject to hydrolysis) is 1. The number of benzene rings is 1. The average Bonchev–Trinajstić information content (AvgIpc) is 2.67. The quantitative estimate of drug-likeness (QED) is 0.437. The van der Waals surface area contributed by atoms with E-state index >= 15 is 0 Å². The maximum atomic E-state index is 12.0. The van der Waals surface area contributed by atoms with E-state index in [-0.39, 0.29) is 44.3 Å². The largest absolute Gasteiger partial charge is 0.486 e. The lowest BCUT2D eigenvalue weighted by molar-refractivity contribution is -0.126. The van der Waals surface area contributed by atoms with Gasteiger partial charge in [-0.1, -0.05) is 18.2 Å². The number of aliphatic hydroxyl groups excluding tert-OH is 1. The standard InChI is InChI=1S/C20H32N2O6S/c1-29(2,3)12-11-27-20(26)21-13-16(14-23)22-19(25)10-9-17(24)15-28-18-7-5-4-6-8-18/h4-8,16,23H,9-15H2,1-3H3,(H,21,26)(H,22,25)/t16-/m0/s1. The number of Topliss-reactive ketones (excluding diaryl/α,β-unsaturated/α-hetero) is 1. The molecule has 0 aliphatic heterocycles. The first-order valence-corrected chi connectivity index (χ1v) is 12.4. The fourth-order valence-corrected chi connectivity index (χ4v) is 2.69. The van der Waals surface area contributed by atoms with Crippen molar-refractivity contribution < 1.29 is 29.0 Å². The number of rotatable bonds is 13. The van der Waals surface area contributed by atoms with Crippen LogP contribution in [0.15, 0.2) is 30.3 Å². The number of nitrogens with one attached hydrogen (secondary N) is 2. The maximum absolute atomic E-state index is 12.0. The van der Waals surface area contributed by atoms with Crippen LogP contribution in [0.1, 0.15) is 12.8 Å². The monoisotopic (exact) mass is 428 g/mol. The molecule has 2 amide bonds. The molecule has 1 rings (SSSR count). The predicted molar refractivity (Wildman–Crippen MR) is 115 cm³/mol. The molecule has 0 bridgehead atoms. The number of hydrogen-bond acceptors (Lipinski definition) is 6. The molecule has 9 heteroatoms. The van der Waals surface area contributed by atoms with Crippen molar-refractivity contribution in [2.24, 2.45) is 0 Å². The van der Waals surface area contributed by atoms with Gasteiger partial charge in [-0.15, -0.1) is 0 Å². The van der Waals surface area contributed by atoms with Gasteiger partial charge in [0.2, 0.25) is 5.91 Å². The van der Waals surface area contributed by atoms with E-state index < -0.39 is 22.2 Å². The van der Waals surface area contributed by atoms with Crippen molar-refractivity contribution in [3.05, 3.63) is 30.3 Å². The molecule has 0 saturated heterocycles. The Balaban J connectivity index is 2.21. The van der Waals surface area contributed by atoms with Gasteiger partial charge in [0.15, 0.2) is 5.78 Å². The normalized spacial score (nSPS) is 12.6. The number of ketones is 1. The number of carbonyl (C=O) groups excluding carboxylic acids is 3. The first kappa shape index (κ1) is 24.8. The van der Waals surface area contributed by atoms with E-state index in [1.165, 1.54) is 0 Å². The topological polar surface area (TPSA) is 114 Å². The Hall–Kier alpha value is -2.26. The molecule has 3 N–H and O–H groups in total. The zero-order valence-electron chi connectivity index (χ0n) is 17.3. The third kappa shape index (κ3) is 12.7. The van der Waals surface area contributed by atoms with Gasteiger partial charge in [-0.3, -0.25) is 9.59 Å². The summed E-state index contributed by atoms with van der Waals surface area (Å²) in [5.41, 5.74) is 0. The summed E-state index contributed by atoms with van der Waals surface area (Å²) in [7, 11) is -0.744. The molecule has 1 aromatic carbocycles. The molecule has 29 heavy (non-hydrogen) atoms. The number of hydrogen-bond donors (Lipinski definition) is 3. The van der Waals surface area contributed by atoms with Crippen LogP contribution in [0.5, 0.6) is 5.75 Å². The zero-order chi connectivity index (χ0) is 21.7. The van der Waals surface area contributed by atoms with Crippen molar-refractivity contribution in [1.82, 2.24) is 10.6 Å². The summed E-state index contributed by atoms with van der Waals surface area (Å²) in [6.45, 7) is -0.0872. The lowest BCUT2D eigenvalue weighted by Crippen LogP contribution is -2.46. The molecule has 0 heterocycles. The van der Waals surface area contributed by atoms with Crippen LogP contribution in [0.3, 0.4) is 0 Å². The second kappa shape index (κ2) is 13.1. The Kier molecular flexibility index (Phi) is 11.2. The second-order valence-electron chi connectivity index (χ2n) is 7.40. The Bertz CT molecular complexity index is 648. The fraction of sp³-hybridized carbons (Fsp3) is 0.550. The third-order valence-corrected chi connectivity index (χ3v) is 5.17. The summed E-state index contributed by atoms with van der Waals surface area (Å²) >= 11 is 0. The van der Waals surface area contributed by atoms with E-state index in [9.17, 15) is 19.5 Å². The molecule has 0 unspecified atom stereocenters. The van der Waals surface area contributed by atoms with Crippen LogP contribution >= 0.6 is 10.0 Å². The van der Waals surface area contributed by atoms with Gasteiger partial charge in [-0.05, 0) is 30.9 Å². The molecule has 1 atom stereocenters.